The van der Waals surface area contributed by atoms with Crippen LogP contribution in [0.2, 0.25) is 0 Å². The zero-order chi connectivity index (χ0) is 15.4. The molecule has 0 atom stereocenters. The molecule has 0 aromatic carbocycles. The molecule has 1 aromatic heterocycles. The molecular weight excluding hydrogens is 274 g/mol. The number of hydrogen-bond acceptors (Lipinski definition) is 4. The van der Waals surface area contributed by atoms with Gasteiger partial charge in [-0.05, 0) is 58.3 Å². The maximum atomic E-state index is 6.01. The second kappa shape index (κ2) is 4.92. The fraction of sp³-hybridized carbons (Fsp3) is 0.778. The molecule has 120 valence electrons. The van der Waals surface area contributed by atoms with Crippen molar-refractivity contribution in [1.82, 2.24) is 9.97 Å². The number of rotatable bonds is 2. The van der Waals surface area contributed by atoms with E-state index in [9.17, 15) is 0 Å². The van der Waals surface area contributed by atoms with Crippen molar-refractivity contribution in [3.8, 4) is 0 Å². The Morgan fingerprint density at radius 3 is 2.50 bits per heavy atom. The Hall–Kier alpha value is -1.16. The maximum absolute atomic E-state index is 6.01. The lowest BCUT2D eigenvalue weighted by atomic mass is 9.74. The third kappa shape index (κ3) is 2.73. The summed E-state index contributed by atoms with van der Waals surface area (Å²) < 4.78 is 6.01. The Bertz CT molecular complexity index is 572. The number of piperidine rings is 1. The molecular formula is C18H27N3O. The van der Waals surface area contributed by atoms with Gasteiger partial charge in [0.05, 0.1) is 12.2 Å². The van der Waals surface area contributed by atoms with Crippen LogP contribution in [0.1, 0.15) is 63.4 Å². The number of hydrogen-bond donors (Lipinski definition) is 0. The van der Waals surface area contributed by atoms with Crippen molar-refractivity contribution in [2.75, 3.05) is 24.6 Å². The van der Waals surface area contributed by atoms with Gasteiger partial charge in [-0.1, -0.05) is 0 Å². The van der Waals surface area contributed by atoms with E-state index in [-0.39, 0.29) is 5.60 Å². The second-order valence-electron chi connectivity index (χ2n) is 8.18. The van der Waals surface area contributed by atoms with Crippen LogP contribution in [0.4, 0.5) is 5.82 Å². The quantitative estimate of drug-likeness (QED) is 0.838. The van der Waals surface area contributed by atoms with Crippen molar-refractivity contribution in [1.29, 1.82) is 0 Å². The molecule has 22 heavy (non-hydrogen) atoms. The Morgan fingerprint density at radius 1 is 1.18 bits per heavy atom. The van der Waals surface area contributed by atoms with Crippen LogP contribution in [0.25, 0.3) is 0 Å². The highest BCUT2D eigenvalue weighted by Gasteiger charge is 2.46. The summed E-state index contributed by atoms with van der Waals surface area (Å²) in [4.78, 5) is 11.8. The molecule has 2 aliphatic heterocycles. The molecule has 3 fully saturated rings. The number of ether oxygens (including phenoxy) is 1. The van der Waals surface area contributed by atoms with E-state index in [1.165, 1.54) is 37.8 Å². The normalized spacial score (nSPS) is 26.6. The van der Waals surface area contributed by atoms with Gasteiger partial charge in [0.2, 0.25) is 0 Å². The van der Waals surface area contributed by atoms with Crippen LogP contribution in [0.3, 0.4) is 0 Å². The van der Waals surface area contributed by atoms with E-state index in [1.54, 1.807) is 0 Å². The Kier molecular flexibility index (Phi) is 3.23. The van der Waals surface area contributed by atoms with E-state index in [0.29, 0.717) is 11.3 Å². The molecule has 1 saturated carbocycles. The van der Waals surface area contributed by atoms with Crippen LogP contribution in [0, 0.1) is 12.3 Å². The minimum Gasteiger partial charge on any atom is -0.375 e. The minimum absolute atomic E-state index is 0.0623. The van der Waals surface area contributed by atoms with Crippen LogP contribution in [0.15, 0.2) is 6.07 Å². The van der Waals surface area contributed by atoms with Gasteiger partial charge >= 0.3 is 0 Å². The highest BCUT2D eigenvalue weighted by atomic mass is 16.5. The molecule has 1 aliphatic carbocycles. The van der Waals surface area contributed by atoms with Crippen LogP contribution in [0.5, 0.6) is 0 Å². The van der Waals surface area contributed by atoms with Crippen molar-refractivity contribution in [3.63, 3.8) is 0 Å². The van der Waals surface area contributed by atoms with Gasteiger partial charge < -0.3 is 9.64 Å². The second-order valence-corrected chi connectivity index (χ2v) is 8.18. The Balaban J connectivity index is 1.48. The number of aromatic nitrogens is 2. The largest absolute Gasteiger partial charge is 0.375 e. The lowest BCUT2D eigenvalue weighted by Crippen LogP contribution is -2.41. The Labute approximate surface area is 133 Å². The molecule has 0 unspecified atom stereocenters. The molecule has 1 aromatic rings. The standard InChI is InChI=1S/C18H27N3O/c1-13-19-15(14-4-5-14)10-16(20-13)21-8-6-18(7-9-21)11-17(2,3)22-12-18/h10,14H,4-9,11-12H2,1-3H3. The summed E-state index contributed by atoms with van der Waals surface area (Å²) in [5, 5.41) is 0. The molecule has 1 spiro atoms. The van der Waals surface area contributed by atoms with Crippen molar-refractivity contribution in [2.45, 2.75) is 64.4 Å². The zero-order valence-electron chi connectivity index (χ0n) is 14.1. The third-order valence-electron chi connectivity index (χ3n) is 5.56. The fourth-order valence-electron chi connectivity index (χ4n) is 4.21. The summed E-state index contributed by atoms with van der Waals surface area (Å²) in [6.07, 6.45) is 6.23. The van der Waals surface area contributed by atoms with E-state index in [0.717, 1.165) is 31.3 Å². The molecule has 3 aliphatic rings. The fourth-order valence-corrected chi connectivity index (χ4v) is 4.21. The van der Waals surface area contributed by atoms with Crippen molar-refractivity contribution in [2.24, 2.45) is 5.41 Å². The smallest absolute Gasteiger partial charge is 0.132 e. The van der Waals surface area contributed by atoms with Crippen LogP contribution in [-0.2, 0) is 4.74 Å². The van der Waals surface area contributed by atoms with Crippen LogP contribution < -0.4 is 4.90 Å². The monoisotopic (exact) mass is 301 g/mol. The summed E-state index contributed by atoms with van der Waals surface area (Å²) in [6.45, 7) is 9.60. The summed E-state index contributed by atoms with van der Waals surface area (Å²) in [5.74, 6) is 2.76. The summed E-state index contributed by atoms with van der Waals surface area (Å²) in [6, 6.07) is 2.23. The van der Waals surface area contributed by atoms with Gasteiger partial charge in [0.1, 0.15) is 11.6 Å². The molecule has 3 heterocycles. The first-order valence-corrected chi connectivity index (χ1v) is 8.69. The van der Waals surface area contributed by atoms with Gasteiger partial charge in [0, 0.05) is 30.8 Å². The zero-order valence-corrected chi connectivity index (χ0v) is 14.1. The summed E-state index contributed by atoms with van der Waals surface area (Å²) in [5.41, 5.74) is 1.72. The van der Waals surface area contributed by atoms with E-state index in [2.05, 4.69) is 29.8 Å². The summed E-state index contributed by atoms with van der Waals surface area (Å²) in [7, 11) is 0. The van der Waals surface area contributed by atoms with Gasteiger partial charge in [-0.3, -0.25) is 0 Å². The van der Waals surface area contributed by atoms with Crippen molar-refractivity contribution >= 4 is 5.82 Å². The van der Waals surface area contributed by atoms with Crippen molar-refractivity contribution < 1.29 is 4.74 Å². The molecule has 4 heteroatoms. The average Bonchev–Trinajstić information content (AvgIpc) is 3.26. The lowest BCUT2D eigenvalue weighted by molar-refractivity contribution is 0.0295. The van der Waals surface area contributed by atoms with Crippen LogP contribution in [-0.4, -0.2) is 35.3 Å². The number of anilines is 1. The first-order chi connectivity index (χ1) is 10.4. The average molecular weight is 301 g/mol. The first kappa shape index (κ1) is 14.4. The Morgan fingerprint density at radius 2 is 1.91 bits per heavy atom. The highest BCUT2D eigenvalue weighted by Crippen LogP contribution is 2.47. The van der Waals surface area contributed by atoms with Gasteiger partial charge in [-0.2, -0.15) is 0 Å². The topological polar surface area (TPSA) is 38.2 Å². The third-order valence-corrected chi connectivity index (χ3v) is 5.56. The lowest BCUT2D eigenvalue weighted by Gasteiger charge is -2.39. The predicted molar refractivity (Wildman–Crippen MR) is 87.3 cm³/mol. The SMILES string of the molecule is Cc1nc(C2CC2)cc(N2CCC3(CC2)COC(C)(C)C3)n1. The number of nitrogens with zero attached hydrogens (tertiary/aromatic N) is 3. The van der Waals surface area contributed by atoms with E-state index >= 15 is 0 Å². The molecule has 0 N–H and O–H groups in total. The van der Waals surface area contributed by atoms with E-state index < -0.39 is 0 Å². The first-order valence-electron chi connectivity index (χ1n) is 8.69. The van der Waals surface area contributed by atoms with E-state index in [1.807, 2.05) is 6.92 Å². The molecule has 0 amide bonds. The van der Waals surface area contributed by atoms with Gasteiger partial charge in [0.15, 0.2) is 0 Å². The molecule has 2 saturated heterocycles. The van der Waals surface area contributed by atoms with Crippen LogP contribution >= 0.6 is 0 Å². The molecule has 4 rings (SSSR count). The molecule has 4 nitrogen and oxygen atoms in total. The number of aryl methyl sites for hydroxylation is 1. The molecule has 0 radical (unpaired) electrons. The van der Waals surface area contributed by atoms with Gasteiger partial charge in [-0.15, -0.1) is 0 Å². The summed E-state index contributed by atoms with van der Waals surface area (Å²) >= 11 is 0. The predicted octanol–water partition coefficient (Wildman–Crippen LogP) is 3.45. The maximum Gasteiger partial charge on any atom is 0.132 e. The van der Waals surface area contributed by atoms with E-state index in [4.69, 9.17) is 9.72 Å². The highest BCUT2D eigenvalue weighted by molar-refractivity contribution is 5.42. The van der Waals surface area contributed by atoms with Gasteiger partial charge in [0.25, 0.3) is 0 Å². The molecule has 0 bridgehead atoms. The minimum atomic E-state index is 0.0623. The van der Waals surface area contributed by atoms with Gasteiger partial charge in [-0.25, -0.2) is 9.97 Å². The van der Waals surface area contributed by atoms with Crippen molar-refractivity contribution in [3.05, 3.63) is 17.6 Å².